The fourth-order valence-electron chi connectivity index (χ4n) is 1.57. The maximum atomic E-state index is 10.6. The van der Waals surface area contributed by atoms with Gasteiger partial charge in [0, 0.05) is 12.1 Å². The molecule has 1 fully saturated rings. The Labute approximate surface area is 73.4 Å². The molecule has 1 saturated heterocycles. The van der Waals surface area contributed by atoms with E-state index in [1.807, 2.05) is 0 Å². The quantitative estimate of drug-likeness (QED) is 0.644. The maximum Gasteiger partial charge on any atom is 0.307 e. The minimum absolute atomic E-state index is 0.115. The Morgan fingerprint density at radius 2 is 2.08 bits per heavy atom. The van der Waals surface area contributed by atoms with Crippen molar-refractivity contribution in [2.24, 2.45) is 5.92 Å². The van der Waals surface area contributed by atoms with Gasteiger partial charge in [-0.2, -0.15) is 0 Å². The SMILES string of the molecule is CC(C)(C)N1CCC(C(=O)O)C1. The van der Waals surface area contributed by atoms with E-state index in [2.05, 4.69) is 25.7 Å². The number of carboxylic acid groups (broad SMARTS) is 1. The van der Waals surface area contributed by atoms with Crippen molar-refractivity contribution < 1.29 is 9.90 Å². The van der Waals surface area contributed by atoms with Gasteiger partial charge >= 0.3 is 5.97 Å². The maximum absolute atomic E-state index is 10.6. The zero-order chi connectivity index (χ0) is 9.35. The molecule has 0 amide bonds. The van der Waals surface area contributed by atoms with Crippen molar-refractivity contribution in [1.82, 2.24) is 4.90 Å². The monoisotopic (exact) mass is 171 g/mol. The Balaban J connectivity index is 2.51. The van der Waals surface area contributed by atoms with Crippen LogP contribution in [0.4, 0.5) is 0 Å². The number of carbonyl (C=O) groups is 1. The van der Waals surface area contributed by atoms with Gasteiger partial charge in [0.25, 0.3) is 0 Å². The highest BCUT2D eigenvalue weighted by Gasteiger charge is 2.33. The van der Waals surface area contributed by atoms with Crippen LogP contribution >= 0.6 is 0 Å². The second-order valence-electron chi connectivity index (χ2n) is 4.44. The molecule has 0 saturated carbocycles. The molecular formula is C9H17NO2. The first-order valence-electron chi connectivity index (χ1n) is 4.39. The number of hydrogen-bond acceptors (Lipinski definition) is 2. The van der Waals surface area contributed by atoms with Crippen LogP contribution in [0, 0.1) is 5.92 Å². The number of nitrogens with zero attached hydrogens (tertiary/aromatic N) is 1. The number of hydrogen-bond donors (Lipinski definition) is 1. The molecule has 0 radical (unpaired) electrons. The Kier molecular flexibility index (Phi) is 2.42. The summed E-state index contributed by atoms with van der Waals surface area (Å²) in [6.07, 6.45) is 0.798. The summed E-state index contributed by atoms with van der Waals surface area (Å²) >= 11 is 0. The van der Waals surface area contributed by atoms with Gasteiger partial charge in [-0.1, -0.05) is 0 Å². The molecule has 1 rings (SSSR count). The summed E-state index contributed by atoms with van der Waals surface area (Å²) < 4.78 is 0. The number of likely N-dealkylation sites (tertiary alicyclic amines) is 1. The van der Waals surface area contributed by atoms with Crippen molar-refractivity contribution in [3.8, 4) is 0 Å². The Hall–Kier alpha value is -0.570. The number of rotatable bonds is 1. The summed E-state index contributed by atoms with van der Waals surface area (Å²) in [5.41, 5.74) is 0.115. The van der Waals surface area contributed by atoms with Gasteiger partial charge in [0.05, 0.1) is 5.92 Å². The lowest BCUT2D eigenvalue weighted by atomic mass is 10.1. The molecule has 12 heavy (non-hydrogen) atoms. The van der Waals surface area contributed by atoms with Crippen molar-refractivity contribution in [2.45, 2.75) is 32.7 Å². The van der Waals surface area contributed by atoms with Crippen LogP contribution in [0.5, 0.6) is 0 Å². The summed E-state index contributed by atoms with van der Waals surface area (Å²) in [5.74, 6) is -0.800. The fourth-order valence-corrected chi connectivity index (χ4v) is 1.57. The zero-order valence-corrected chi connectivity index (χ0v) is 8.00. The molecule has 0 aliphatic carbocycles. The molecule has 0 bridgehead atoms. The topological polar surface area (TPSA) is 40.5 Å². The summed E-state index contributed by atoms with van der Waals surface area (Å²) in [6.45, 7) is 7.99. The smallest absolute Gasteiger partial charge is 0.307 e. The van der Waals surface area contributed by atoms with Crippen LogP contribution in [-0.4, -0.2) is 34.6 Å². The molecule has 1 heterocycles. The van der Waals surface area contributed by atoms with Gasteiger partial charge in [0.2, 0.25) is 0 Å². The zero-order valence-electron chi connectivity index (χ0n) is 8.00. The predicted octanol–water partition coefficient (Wildman–Crippen LogP) is 1.19. The van der Waals surface area contributed by atoms with Crippen LogP contribution in [-0.2, 0) is 4.79 Å². The van der Waals surface area contributed by atoms with Gasteiger partial charge in [0.1, 0.15) is 0 Å². The Morgan fingerprint density at radius 3 is 2.33 bits per heavy atom. The summed E-state index contributed by atoms with van der Waals surface area (Å²) in [6, 6.07) is 0. The second-order valence-corrected chi connectivity index (χ2v) is 4.44. The van der Waals surface area contributed by atoms with Crippen LogP contribution in [0.25, 0.3) is 0 Å². The van der Waals surface area contributed by atoms with E-state index in [1.54, 1.807) is 0 Å². The molecule has 1 aliphatic rings. The van der Waals surface area contributed by atoms with Gasteiger partial charge in [-0.3, -0.25) is 9.69 Å². The van der Waals surface area contributed by atoms with Crippen molar-refractivity contribution in [2.75, 3.05) is 13.1 Å². The molecule has 0 aromatic heterocycles. The van der Waals surface area contributed by atoms with E-state index in [-0.39, 0.29) is 11.5 Å². The van der Waals surface area contributed by atoms with Crippen molar-refractivity contribution in [3.63, 3.8) is 0 Å². The first-order valence-corrected chi connectivity index (χ1v) is 4.39. The van der Waals surface area contributed by atoms with Crippen LogP contribution in [0.2, 0.25) is 0 Å². The largest absolute Gasteiger partial charge is 0.481 e. The summed E-state index contributed by atoms with van der Waals surface area (Å²) in [4.78, 5) is 12.9. The minimum Gasteiger partial charge on any atom is -0.481 e. The van der Waals surface area contributed by atoms with Crippen LogP contribution in [0.1, 0.15) is 27.2 Å². The van der Waals surface area contributed by atoms with Crippen LogP contribution < -0.4 is 0 Å². The van der Waals surface area contributed by atoms with Gasteiger partial charge in [-0.15, -0.1) is 0 Å². The van der Waals surface area contributed by atoms with Gasteiger partial charge in [0.15, 0.2) is 0 Å². The molecule has 0 aromatic rings. The van der Waals surface area contributed by atoms with Gasteiger partial charge in [-0.05, 0) is 33.7 Å². The van der Waals surface area contributed by atoms with Crippen LogP contribution in [0.3, 0.4) is 0 Å². The normalized spacial score (nSPS) is 26.1. The standard InChI is InChI=1S/C9H17NO2/c1-9(2,3)10-5-4-7(6-10)8(11)12/h7H,4-6H2,1-3H3,(H,11,12). The first kappa shape index (κ1) is 9.52. The molecule has 0 spiro atoms. The van der Waals surface area contributed by atoms with Crippen molar-refractivity contribution in [1.29, 1.82) is 0 Å². The summed E-state index contributed by atoms with van der Waals surface area (Å²) in [5, 5.41) is 8.77. The Morgan fingerprint density at radius 1 is 1.50 bits per heavy atom. The van der Waals surface area contributed by atoms with E-state index in [0.717, 1.165) is 13.0 Å². The molecule has 1 aliphatic heterocycles. The predicted molar refractivity (Wildman–Crippen MR) is 47.1 cm³/mol. The molecule has 1 N–H and O–H groups in total. The minimum atomic E-state index is -0.651. The second kappa shape index (κ2) is 3.05. The Bertz CT molecular complexity index is 183. The highest BCUT2D eigenvalue weighted by Crippen LogP contribution is 2.24. The molecular weight excluding hydrogens is 154 g/mol. The fraction of sp³-hybridized carbons (Fsp3) is 0.889. The van der Waals surface area contributed by atoms with Gasteiger partial charge in [-0.25, -0.2) is 0 Å². The third kappa shape index (κ3) is 1.97. The number of carboxylic acids is 1. The number of aliphatic carboxylic acids is 1. The van der Waals surface area contributed by atoms with E-state index in [4.69, 9.17) is 5.11 Å². The lowest BCUT2D eigenvalue weighted by Gasteiger charge is -2.31. The van der Waals surface area contributed by atoms with Crippen molar-refractivity contribution in [3.05, 3.63) is 0 Å². The average Bonchev–Trinajstić information content (AvgIpc) is 2.30. The van der Waals surface area contributed by atoms with Crippen molar-refractivity contribution >= 4 is 5.97 Å². The molecule has 1 atom stereocenters. The highest BCUT2D eigenvalue weighted by molar-refractivity contribution is 5.70. The van der Waals surface area contributed by atoms with E-state index >= 15 is 0 Å². The third-order valence-electron chi connectivity index (χ3n) is 2.49. The molecule has 3 heteroatoms. The van der Waals surface area contributed by atoms with E-state index in [1.165, 1.54) is 0 Å². The average molecular weight is 171 g/mol. The summed E-state index contributed by atoms with van der Waals surface area (Å²) in [7, 11) is 0. The highest BCUT2D eigenvalue weighted by atomic mass is 16.4. The lowest BCUT2D eigenvalue weighted by molar-refractivity contribution is -0.141. The van der Waals surface area contributed by atoms with E-state index in [9.17, 15) is 4.79 Å². The lowest BCUT2D eigenvalue weighted by Crippen LogP contribution is -2.39. The first-order chi connectivity index (χ1) is 5.41. The van der Waals surface area contributed by atoms with E-state index < -0.39 is 5.97 Å². The van der Waals surface area contributed by atoms with Crippen LogP contribution in [0.15, 0.2) is 0 Å². The molecule has 1 unspecified atom stereocenters. The molecule has 0 aromatic carbocycles. The van der Waals surface area contributed by atoms with E-state index in [0.29, 0.717) is 6.54 Å². The molecule has 3 nitrogen and oxygen atoms in total. The van der Waals surface area contributed by atoms with Gasteiger partial charge < -0.3 is 5.11 Å². The third-order valence-corrected chi connectivity index (χ3v) is 2.49. The molecule has 70 valence electrons.